The molecule has 0 amide bonds. The second-order valence-electron chi connectivity index (χ2n) is 4.57. The summed E-state index contributed by atoms with van der Waals surface area (Å²) in [5.41, 5.74) is 1.36. The summed E-state index contributed by atoms with van der Waals surface area (Å²) in [6.45, 7) is 3.04. The lowest BCUT2D eigenvalue weighted by Gasteiger charge is -2.09. The summed E-state index contributed by atoms with van der Waals surface area (Å²) >= 11 is 0. The van der Waals surface area contributed by atoms with E-state index in [2.05, 4.69) is 28.3 Å². The third-order valence-electron chi connectivity index (χ3n) is 3.16. The van der Waals surface area contributed by atoms with E-state index in [9.17, 15) is 0 Å². The molecule has 1 aliphatic rings. The van der Waals surface area contributed by atoms with Crippen molar-refractivity contribution in [2.75, 3.05) is 13.7 Å². The number of aromatic nitrogens is 1. The molecular weight excluding hydrogens is 200 g/mol. The van der Waals surface area contributed by atoms with Gasteiger partial charge in [-0.2, -0.15) is 0 Å². The number of nitrogens with one attached hydrogen (secondary N) is 1. The molecule has 1 N–H and O–H groups in total. The summed E-state index contributed by atoms with van der Waals surface area (Å²) in [5, 5.41) is 3.16. The first-order valence-corrected chi connectivity index (χ1v) is 6.29. The van der Waals surface area contributed by atoms with Gasteiger partial charge in [-0.25, -0.2) is 0 Å². The molecule has 1 aliphatic heterocycles. The van der Waals surface area contributed by atoms with Crippen molar-refractivity contribution in [1.82, 2.24) is 9.88 Å². The van der Waals surface area contributed by atoms with Gasteiger partial charge in [-0.1, -0.05) is 0 Å². The highest BCUT2D eigenvalue weighted by Crippen LogP contribution is 2.17. The Labute approximate surface area is 97.8 Å². The standard InChI is InChI=1S/C13H22N2O/c1-14-10-12-6-8-15(11-12)7-2-4-13-5-3-9-16-13/h6,8,11,13-14H,2-5,7,9-10H2,1H3. The topological polar surface area (TPSA) is 26.2 Å². The lowest BCUT2D eigenvalue weighted by molar-refractivity contribution is 0.101. The van der Waals surface area contributed by atoms with Gasteiger partial charge in [0.1, 0.15) is 0 Å². The van der Waals surface area contributed by atoms with E-state index in [0.29, 0.717) is 6.10 Å². The third-order valence-corrected chi connectivity index (χ3v) is 3.16. The maximum Gasteiger partial charge on any atom is 0.0576 e. The molecule has 2 rings (SSSR count). The number of ether oxygens (including phenoxy) is 1. The Morgan fingerprint density at radius 3 is 3.25 bits per heavy atom. The van der Waals surface area contributed by atoms with Gasteiger partial charge in [-0.15, -0.1) is 0 Å². The predicted octanol–water partition coefficient (Wildman–Crippen LogP) is 2.17. The van der Waals surface area contributed by atoms with Gasteiger partial charge in [0.2, 0.25) is 0 Å². The monoisotopic (exact) mass is 222 g/mol. The van der Waals surface area contributed by atoms with Gasteiger partial charge in [0.15, 0.2) is 0 Å². The van der Waals surface area contributed by atoms with E-state index in [4.69, 9.17) is 4.74 Å². The SMILES string of the molecule is CNCc1ccn(CCCC2CCCO2)c1. The van der Waals surface area contributed by atoms with E-state index >= 15 is 0 Å². The van der Waals surface area contributed by atoms with Crippen molar-refractivity contribution in [3.8, 4) is 0 Å². The summed E-state index contributed by atoms with van der Waals surface area (Å²) in [5.74, 6) is 0. The normalized spacial score (nSPS) is 20.4. The van der Waals surface area contributed by atoms with Crippen LogP contribution in [0.2, 0.25) is 0 Å². The van der Waals surface area contributed by atoms with Gasteiger partial charge >= 0.3 is 0 Å². The molecular formula is C13H22N2O. The van der Waals surface area contributed by atoms with Gasteiger partial charge < -0.3 is 14.6 Å². The molecule has 1 aromatic heterocycles. The molecule has 3 heteroatoms. The molecule has 0 radical (unpaired) electrons. The molecule has 2 heterocycles. The van der Waals surface area contributed by atoms with Crippen molar-refractivity contribution >= 4 is 0 Å². The highest BCUT2D eigenvalue weighted by atomic mass is 16.5. The van der Waals surface area contributed by atoms with Crippen LogP contribution < -0.4 is 5.32 Å². The summed E-state index contributed by atoms with van der Waals surface area (Å²) in [6.07, 6.45) is 9.87. The average molecular weight is 222 g/mol. The summed E-state index contributed by atoms with van der Waals surface area (Å²) in [7, 11) is 1.98. The first kappa shape index (κ1) is 11.7. The Morgan fingerprint density at radius 2 is 2.50 bits per heavy atom. The van der Waals surface area contributed by atoms with Crippen molar-refractivity contribution in [3.05, 3.63) is 24.0 Å². The molecule has 90 valence electrons. The molecule has 1 atom stereocenters. The molecule has 0 saturated carbocycles. The zero-order valence-electron chi connectivity index (χ0n) is 10.1. The van der Waals surface area contributed by atoms with Crippen LogP contribution >= 0.6 is 0 Å². The van der Waals surface area contributed by atoms with Gasteiger partial charge in [0.05, 0.1) is 6.10 Å². The van der Waals surface area contributed by atoms with Crippen molar-refractivity contribution in [1.29, 1.82) is 0 Å². The Kier molecular flexibility index (Phi) is 4.43. The van der Waals surface area contributed by atoms with E-state index in [1.165, 1.54) is 31.2 Å². The molecule has 1 aromatic rings. The summed E-state index contributed by atoms with van der Waals surface area (Å²) in [4.78, 5) is 0. The maximum absolute atomic E-state index is 5.62. The van der Waals surface area contributed by atoms with Crippen LogP contribution in [0.3, 0.4) is 0 Å². The maximum atomic E-state index is 5.62. The summed E-state index contributed by atoms with van der Waals surface area (Å²) < 4.78 is 7.89. The molecule has 0 aliphatic carbocycles. The highest BCUT2D eigenvalue weighted by molar-refractivity contribution is 5.09. The van der Waals surface area contributed by atoms with E-state index in [1.807, 2.05) is 7.05 Å². The molecule has 0 bridgehead atoms. The fourth-order valence-corrected chi connectivity index (χ4v) is 2.31. The van der Waals surface area contributed by atoms with Crippen LogP contribution in [-0.4, -0.2) is 24.3 Å². The molecule has 1 saturated heterocycles. The Balaban J connectivity index is 1.67. The van der Waals surface area contributed by atoms with E-state index in [0.717, 1.165) is 19.7 Å². The Morgan fingerprint density at radius 1 is 1.56 bits per heavy atom. The lowest BCUT2D eigenvalue weighted by Crippen LogP contribution is -2.07. The van der Waals surface area contributed by atoms with Gasteiger partial charge in [0, 0.05) is 32.1 Å². The van der Waals surface area contributed by atoms with Crippen LogP contribution in [-0.2, 0) is 17.8 Å². The van der Waals surface area contributed by atoms with Crippen molar-refractivity contribution in [3.63, 3.8) is 0 Å². The average Bonchev–Trinajstić information content (AvgIpc) is 2.90. The fraction of sp³-hybridized carbons (Fsp3) is 0.692. The zero-order valence-corrected chi connectivity index (χ0v) is 10.1. The third kappa shape index (κ3) is 3.35. The van der Waals surface area contributed by atoms with Crippen LogP contribution in [0, 0.1) is 0 Å². The molecule has 0 spiro atoms. The number of aryl methyl sites for hydroxylation is 1. The van der Waals surface area contributed by atoms with E-state index < -0.39 is 0 Å². The van der Waals surface area contributed by atoms with Crippen LogP contribution in [0.4, 0.5) is 0 Å². The second-order valence-corrected chi connectivity index (χ2v) is 4.57. The van der Waals surface area contributed by atoms with Crippen molar-refractivity contribution < 1.29 is 4.74 Å². The Hall–Kier alpha value is -0.800. The van der Waals surface area contributed by atoms with Crippen molar-refractivity contribution in [2.45, 2.75) is 44.9 Å². The second kappa shape index (κ2) is 6.06. The molecule has 3 nitrogen and oxygen atoms in total. The van der Waals surface area contributed by atoms with E-state index in [-0.39, 0.29) is 0 Å². The molecule has 1 unspecified atom stereocenters. The van der Waals surface area contributed by atoms with E-state index in [1.54, 1.807) is 0 Å². The predicted molar refractivity (Wildman–Crippen MR) is 65.4 cm³/mol. The lowest BCUT2D eigenvalue weighted by atomic mass is 10.1. The molecule has 16 heavy (non-hydrogen) atoms. The number of nitrogens with zero attached hydrogens (tertiary/aromatic N) is 1. The largest absolute Gasteiger partial charge is 0.378 e. The number of hydrogen-bond donors (Lipinski definition) is 1. The highest BCUT2D eigenvalue weighted by Gasteiger charge is 2.14. The minimum absolute atomic E-state index is 0.535. The zero-order chi connectivity index (χ0) is 11.2. The van der Waals surface area contributed by atoms with Crippen LogP contribution in [0.25, 0.3) is 0 Å². The van der Waals surface area contributed by atoms with Gasteiger partial charge in [-0.05, 0) is 44.4 Å². The minimum atomic E-state index is 0.535. The fourth-order valence-electron chi connectivity index (χ4n) is 2.31. The number of rotatable bonds is 6. The van der Waals surface area contributed by atoms with Crippen LogP contribution in [0.15, 0.2) is 18.5 Å². The van der Waals surface area contributed by atoms with Gasteiger partial charge in [-0.3, -0.25) is 0 Å². The Bertz CT molecular complexity index is 303. The molecule has 0 aromatic carbocycles. The summed E-state index contributed by atoms with van der Waals surface area (Å²) in [6, 6.07) is 2.18. The smallest absolute Gasteiger partial charge is 0.0576 e. The minimum Gasteiger partial charge on any atom is -0.378 e. The number of hydrogen-bond acceptors (Lipinski definition) is 2. The molecule has 1 fully saturated rings. The quantitative estimate of drug-likeness (QED) is 0.798. The first-order valence-electron chi connectivity index (χ1n) is 6.29. The first-order chi connectivity index (χ1) is 7.88. The van der Waals surface area contributed by atoms with Gasteiger partial charge in [0.25, 0.3) is 0 Å². The van der Waals surface area contributed by atoms with Crippen molar-refractivity contribution in [2.24, 2.45) is 0 Å². The van der Waals surface area contributed by atoms with Crippen LogP contribution in [0.5, 0.6) is 0 Å². The van der Waals surface area contributed by atoms with Crippen LogP contribution in [0.1, 0.15) is 31.2 Å².